The van der Waals surface area contributed by atoms with E-state index in [2.05, 4.69) is 10.4 Å². The Morgan fingerprint density at radius 1 is 1.26 bits per heavy atom. The van der Waals surface area contributed by atoms with Crippen LogP contribution in [0.5, 0.6) is 0 Å². The topological polar surface area (TPSA) is 68.9 Å². The summed E-state index contributed by atoms with van der Waals surface area (Å²) in [6.45, 7) is 3.94. The molecular weight excluding hydrogens is 313 g/mol. The number of hydrogen-bond acceptors (Lipinski definition) is 3. The van der Waals surface area contributed by atoms with E-state index in [1.165, 1.54) is 0 Å². The van der Waals surface area contributed by atoms with Gasteiger partial charge in [-0.25, -0.2) is 9.48 Å². The van der Waals surface area contributed by atoms with Crippen LogP contribution in [0, 0.1) is 5.92 Å². The highest BCUT2D eigenvalue weighted by molar-refractivity contribution is 5.78. The van der Waals surface area contributed by atoms with Gasteiger partial charge in [0.2, 0.25) is 11.7 Å². The number of rotatable bonds is 8. The minimum Gasteiger partial charge on any atom is -0.354 e. The number of amides is 1. The van der Waals surface area contributed by atoms with Crippen molar-refractivity contribution >= 4 is 5.91 Å². The maximum Gasteiger partial charge on any atom is 0.451 e. The van der Waals surface area contributed by atoms with Crippen molar-refractivity contribution in [2.75, 3.05) is 6.54 Å². The van der Waals surface area contributed by atoms with Crippen LogP contribution in [0.4, 0.5) is 13.2 Å². The molecule has 23 heavy (non-hydrogen) atoms. The van der Waals surface area contributed by atoms with E-state index in [1.807, 2.05) is 13.8 Å². The van der Waals surface area contributed by atoms with E-state index in [0.717, 1.165) is 37.4 Å². The summed E-state index contributed by atoms with van der Waals surface area (Å²) in [7, 11) is 1.02. The zero-order valence-electron chi connectivity index (χ0n) is 13.6. The smallest absolute Gasteiger partial charge is 0.354 e. The van der Waals surface area contributed by atoms with Crippen molar-refractivity contribution in [3.05, 3.63) is 16.3 Å². The van der Waals surface area contributed by atoms with Gasteiger partial charge in [0.1, 0.15) is 0 Å². The molecule has 0 radical (unpaired) electrons. The molecule has 0 aromatic carbocycles. The Morgan fingerprint density at radius 2 is 1.83 bits per heavy atom. The van der Waals surface area contributed by atoms with Crippen LogP contribution in [0.2, 0.25) is 0 Å². The molecule has 0 aliphatic carbocycles. The molecule has 0 saturated carbocycles. The first-order valence-electron chi connectivity index (χ1n) is 7.71. The van der Waals surface area contributed by atoms with E-state index >= 15 is 0 Å². The molecule has 1 aromatic heterocycles. The van der Waals surface area contributed by atoms with Gasteiger partial charge in [0.05, 0.1) is 6.54 Å². The average Bonchev–Trinajstić information content (AvgIpc) is 2.75. The van der Waals surface area contributed by atoms with Gasteiger partial charge in [0.25, 0.3) is 0 Å². The van der Waals surface area contributed by atoms with Crippen molar-refractivity contribution < 1.29 is 18.0 Å². The Bertz CT molecular complexity index is 572. The standard InChI is InChI=1S/C14H23F3N4O2/c1-4-6-10(7-5-2)11(22)18-8-9-21-13(23)20(3)12(19-21)14(15,16)17/h10H,4-9H2,1-3H3,(H,18,22). The summed E-state index contributed by atoms with van der Waals surface area (Å²) >= 11 is 0. The predicted molar refractivity (Wildman–Crippen MR) is 78.8 cm³/mol. The van der Waals surface area contributed by atoms with E-state index in [4.69, 9.17) is 0 Å². The quantitative estimate of drug-likeness (QED) is 0.789. The van der Waals surface area contributed by atoms with Gasteiger partial charge in [0.15, 0.2) is 0 Å². The largest absolute Gasteiger partial charge is 0.451 e. The highest BCUT2D eigenvalue weighted by atomic mass is 19.4. The van der Waals surface area contributed by atoms with E-state index in [0.29, 0.717) is 4.57 Å². The molecule has 0 aliphatic rings. The Hall–Kier alpha value is -1.80. The second-order valence-electron chi connectivity index (χ2n) is 5.45. The summed E-state index contributed by atoms with van der Waals surface area (Å²) in [5.74, 6) is -1.48. The first-order valence-corrected chi connectivity index (χ1v) is 7.71. The molecule has 1 amide bonds. The SMILES string of the molecule is CCCC(CCC)C(=O)NCCn1nc(C(F)(F)F)n(C)c1=O. The minimum atomic E-state index is -4.68. The summed E-state index contributed by atoms with van der Waals surface area (Å²) in [6, 6.07) is 0. The third kappa shape index (κ3) is 5.11. The van der Waals surface area contributed by atoms with Crippen molar-refractivity contribution in [2.24, 2.45) is 13.0 Å². The van der Waals surface area contributed by atoms with Gasteiger partial charge < -0.3 is 5.32 Å². The van der Waals surface area contributed by atoms with Crippen LogP contribution < -0.4 is 11.0 Å². The fourth-order valence-electron chi connectivity index (χ4n) is 2.41. The van der Waals surface area contributed by atoms with Gasteiger partial charge in [0, 0.05) is 19.5 Å². The van der Waals surface area contributed by atoms with Gasteiger partial charge in [-0.3, -0.25) is 9.36 Å². The first kappa shape index (κ1) is 19.2. The van der Waals surface area contributed by atoms with Crippen molar-refractivity contribution in [1.29, 1.82) is 0 Å². The molecule has 132 valence electrons. The number of nitrogens with zero attached hydrogens (tertiary/aromatic N) is 3. The fourth-order valence-corrected chi connectivity index (χ4v) is 2.41. The van der Waals surface area contributed by atoms with Crippen LogP contribution in [0.25, 0.3) is 0 Å². The molecule has 1 N–H and O–H groups in total. The maximum absolute atomic E-state index is 12.7. The molecule has 0 spiro atoms. The molecule has 1 rings (SSSR count). The molecule has 0 atom stereocenters. The van der Waals surface area contributed by atoms with E-state index < -0.39 is 17.7 Å². The van der Waals surface area contributed by atoms with Crippen molar-refractivity contribution in [3.8, 4) is 0 Å². The summed E-state index contributed by atoms with van der Waals surface area (Å²) in [6.07, 6.45) is -1.39. The Kier molecular flexibility index (Phi) is 6.83. The highest BCUT2D eigenvalue weighted by Crippen LogP contribution is 2.25. The molecule has 1 aromatic rings. The molecule has 9 heteroatoms. The number of alkyl halides is 3. The summed E-state index contributed by atoms with van der Waals surface area (Å²) < 4.78 is 39.2. The van der Waals surface area contributed by atoms with Crippen LogP contribution in [-0.2, 0) is 24.6 Å². The Balaban J connectivity index is 2.66. The number of carbonyl (C=O) groups excluding carboxylic acids is 1. The lowest BCUT2D eigenvalue weighted by molar-refractivity contribution is -0.147. The number of carbonyl (C=O) groups is 1. The normalized spacial score (nSPS) is 12.0. The zero-order chi connectivity index (χ0) is 17.6. The van der Waals surface area contributed by atoms with Gasteiger partial charge in [-0.15, -0.1) is 5.10 Å². The third-order valence-electron chi connectivity index (χ3n) is 3.56. The molecular formula is C14H23F3N4O2. The van der Waals surface area contributed by atoms with E-state index in [9.17, 15) is 22.8 Å². The van der Waals surface area contributed by atoms with E-state index in [-0.39, 0.29) is 24.9 Å². The van der Waals surface area contributed by atoms with Crippen LogP contribution >= 0.6 is 0 Å². The fraction of sp³-hybridized carbons (Fsp3) is 0.786. The number of halogens is 3. The molecule has 0 bridgehead atoms. The summed E-state index contributed by atoms with van der Waals surface area (Å²) in [5.41, 5.74) is -0.856. The molecule has 0 aliphatic heterocycles. The van der Waals surface area contributed by atoms with Crippen LogP contribution in [0.3, 0.4) is 0 Å². The van der Waals surface area contributed by atoms with Gasteiger partial charge in [-0.2, -0.15) is 13.2 Å². The second kappa shape index (κ2) is 8.16. The Labute approximate surface area is 132 Å². The molecule has 0 unspecified atom stereocenters. The van der Waals surface area contributed by atoms with E-state index in [1.54, 1.807) is 0 Å². The van der Waals surface area contributed by atoms with Crippen molar-refractivity contribution in [2.45, 2.75) is 52.3 Å². The van der Waals surface area contributed by atoms with Crippen molar-refractivity contribution in [3.63, 3.8) is 0 Å². The third-order valence-corrected chi connectivity index (χ3v) is 3.56. The molecule has 0 saturated heterocycles. The monoisotopic (exact) mass is 336 g/mol. The van der Waals surface area contributed by atoms with Gasteiger partial charge in [-0.1, -0.05) is 26.7 Å². The lowest BCUT2D eigenvalue weighted by Crippen LogP contribution is -2.35. The predicted octanol–water partition coefficient (Wildman–Crippen LogP) is 1.93. The molecule has 1 heterocycles. The zero-order valence-corrected chi connectivity index (χ0v) is 13.6. The first-order chi connectivity index (χ1) is 10.7. The van der Waals surface area contributed by atoms with Crippen molar-refractivity contribution in [1.82, 2.24) is 19.7 Å². The molecule has 6 nitrogen and oxygen atoms in total. The highest BCUT2D eigenvalue weighted by Gasteiger charge is 2.37. The number of nitrogens with one attached hydrogen (secondary N) is 1. The maximum atomic E-state index is 12.7. The summed E-state index contributed by atoms with van der Waals surface area (Å²) in [5, 5.41) is 5.95. The van der Waals surface area contributed by atoms with Gasteiger partial charge >= 0.3 is 11.9 Å². The van der Waals surface area contributed by atoms with Crippen LogP contribution in [0.1, 0.15) is 45.4 Å². The lowest BCUT2D eigenvalue weighted by Gasteiger charge is -2.14. The minimum absolute atomic E-state index is 0.0664. The average molecular weight is 336 g/mol. The molecule has 0 fully saturated rings. The second-order valence-corrected chi connectivity index (χ2v) is 5.45. The number of aromatic nitrogens is 3. The van der Waals surface area contributed by atoms with Gasteiger partial charge in [-0.05, 0) is 12.8 Å². The van der Waals surface area contributed by atoms with Crippen LogP contribution in [0.15, 0.2) is 4.79 Å². The summed E-state index contributed by atoms with van der Waals surface area (Å²) in [4.78, 5) is 23.7. The Morgan fingerprint density at radius 3 is 2.26 bits per heavy atom. The number of hydrogen-bond donors (Lipinski definition) is 1. The lowest BCUT2D eigenvalue weighted by atomic mass is 9.97. The van der Waals surface area contributed by atoms with Crippen LogP contribution in [-0.4, -0.2) is 26.8 Å².